The minimum absolute atomic E-state index is 0.0622. The van der Waals surface area contributed by atoms with Crippen LogP contribution in [0.15, 0.2) is 17.1 Å². The van der Waals surface area contributed by atoms with Crippen molar-refractivity contribution in [3.05, 3.63) is 28.2 Å². The molecule has 1 aliphatic heterocycles. The summed E-state index contributed by atoms with van der Waals surface area (Å²) in [5.41, 5.74) is 4.94. The van der Waals surface area contributed by atoms with Crippen molar-refractivity contribution in [2.24, 2.45) is 0 Å². The molecule has 0 aliphatic carbocycles. The lowest BCUT2D eigenvalue weighted by molar-refractivity contribution is -0.165. The van der Waals surface area contributed by atoms with Crippen molar-refractivity contribution in [1.82, 2.24) is 14.9 Å². The highest BCUT2D eigenvalue weighted by atomic mass is 16.6. The first-order chi connectivity index (χ1) is 16.7. The van der Waals surface area contributed by atoms with E-state index in [4.69, 9.17) is 24.7 Å². The number of hydrogen-bond donors (Lipinski definition) is 3. The monoisotopic (exact) mass is 506 g/mol. The summed E-state index contributed by atoms with van der Waals surface area (Å²) < 4.78 is 21.9. The minimum atomic E-state index is -1.24. The number of anilines is 1. The Kier molecular flexibility index (Phi) is 7.32. The van der Waals surface area contributed by atoms with Crippen LogP contribution in [-0.4, -0.2) is 69.3 Å². The Labute approximate surface area is 206 Å². The van der Waals surface area contributed by atoms with Gasteiger partial charge in [-0.15, -0.1) is 0 Å². The van der Waals surface area contributed by atoms with Gasteiger partial charge in [0.05, 0.1) is 0 Å². The molecular weight excluding hydrogens is 476 g/mol. The summed E-state index contributed by atoms with van der Waals surface area (Å²) in [4.78, 5) is 68.3. The van der Waals surface area contributed by atoms with Crippen molar-refractivity contribution in [2.75, 3.05) is 12.3 Å². The molecule has 1 saturated heterocycles. The van der Waals surface area contributed by atoms with Crippen molar-refractivity contribution in [3.63, 3.8) is 0 Å². The number of ether oxygens (including phenoxy) is 4. The van der Waals surface area contributed by atoms with Crippen LogP contribution in [0, 0.1) is 0 Å². The molecule has 2 aromatic heterocycles. The van der Waals surface area contributed by atoms with Crippen LogP contribution in [0.1, 0.15) is 53.1 Å². The highest BCUT2D eigenvalue weighted by molar-refractivity contribution is 5.86. The molecule has 0 aromatic carbocycles. The molecule has 0 spiro atoms. The van der Waals surface area contributed by atoms with Gasteiger partial charge in [0.1, 0.15) is 35.6 Å². The quantitative estimate of drug-likeness (QED) is 0.397. The molecule has 0 saturated carbocycles. The Hall–Kier alpha value is -4.03. The number of amides is 1. The van der Waals surface area contributed by atoms with E-state index in [-0.39, 0.29) is 17.9 Å². The summed E-state index contributed by atoms with van der Waals surface area (Å²) in [7, 11) is 0. The van der Waals surface area contributed by atoms with Gasteiger partial charge in [-0.3, -0.25) is 24.1 Å². The maximum absolute atomic E-state index is 13.5. The van der Waals surface area contributed by atoms with Crippen LogP contribution < -0.4 is 11.3 Å². The molecule has 0 bridgehead atoms. The number of H-pyrrole nitrogens is 2. The smallest absolute Gasteiger partial charge is 0.411 e. The summed E-state index contributed by atoms with van der Waals surface area (Å²) in [6.45, 7) is 8.11. The van der Waals surface area contributed by atoms with Gasteiger partial charge < -0.3 is 34.6 Å². The molecule has 2 aromatic rings. The number of nitrogens with one attached hydrogen (secondary N) is 2. The number of carbonyl (C=O) groups is 4. The van der Waals surface area contributed by atoms with E-state index in [1.807, 2.05) is 0 Å². The number of aromatic amines is 2. The molecule has 3 heterocycles. The molecule has 36 heavy (non-hydrogen) atoms. The number of pyridine rings is 1. The van der Waals surface area contributed by atoms with E-state index in [2.05, 4.69) is 9.97 Å². The lowest BCUT2D eigenvalue weighted by atomic mass is 10.00. The second-order valence-corrected chi connectivity index (χ2v) is 9.44. The van der Waals surface area contributed by atoms with Gasteiger partial charge in [0.15, 0.2) is 12.2 Å². The molecule has 1 fully saturated rings. The Morgan fingerprint density at radius 2 is 1.64 bits per heavy atom. The van der Waals surface area contributed by atoms with Gasteiger partial charge in [-0.25, -0.2) is 4.79 Å². The summed E-state index contributed by atoms with van der Waals surface area (Å²) in [6, 6.07) is -0.712. The van der Waals surface area contributed by atoms with Gasteiger partial charge >= 0.3 is 24.0 Å². The highest BCUT2D eigenvalue weighted by Gasteiger charge is 2.57. The average molecular weight is 507 g/mol. The number of nitrogens with two attached hydrogens (primary N) is 1. The fourth-order valence-electron chi connectivity index (χ4n) is 4.27. The topological polar surface area (TPSA) is 183 Å². The number of likely N-dealkylation sites (tertiary alicyclic amines) is 1. The van der Waals surface area contributed by atoms with Crippen molar-refractivity contribution < 1.29 is 38.1 Å². The first kappa shape index (κ1) is 26.6. The standard InChI is InChI=1S/C23H30N4O9/c1-10(28)33-9-15-19(34-11(2)29)20(35-12(3)30)18(27(15)22(32)36-23(4,5)6)14-8-25-17-13(14)7-16(24)26-21(17)31/h7-8,15,18-20,25H,9H2,1-6H3,(H3,24,26,31)/t15-,18+,19-,20+/m1/s1. The first-order valence-corrected chi connectivity index (χ1v) is 11.2. The number of nitrogens with zero attached hydrogens (tertiary/aromatic N) is 1. The summed E-state index contributed by atoms with van der Waals surface area (Å²) in [5, 5.41) is 0.349. The summed E-state index contributed by atoms with van der Waals surface area (Å²) in [6.07, 6.45) is -1.84. The number of hydrogen-bond acceptors (Lipinski definition) is 10. The SMILES string of the molecule is CC(=O)OC[C@@H]1[C@@H](OC(C)=O)[C@@H](OC(C)=O)[C@H](c2c[nH]c3c(=O)[nH]c(N)cc23)N1C(=O)OC(C)(C)C. The fourth-order valence-corrected chi connectivity index (χ4v) is 4.27. The van der Waals surface area contributed by atoms with Gasteiger partial charge in [0.25, 0.3) is 5.56 Å². The van der Waals surface area contributed by atoms with E-state index in [1.165, 1.54) is 24.1 Å². The lowest BCUT2D eigenvalue weighted by Gasteiger charge is -2.32. The molecule has 4 atom stereocenters. The van der Waals surface area contributed by atoms with Crippen LogP contribution in [0.3, 0.4) is 0 Å². The Balaban J connectivity index is 2.27. The molecule has 196 valence electrons. The second-order valence-electron chi connectivity index (χ2n) is 9.44. The number of rotatable bonds is 5. The van der Waals surface area contributed by atoms with Crippen LogP contribution in [0.5, 0.6) is 0 Å². The molecule has 4 N–H and O–H groups in total. The van der Waals surface area contributed by atoms with Crippen molar-refractivity contribution >= 4 is 40.7 Å². The van der Waals surface area contributed by atoms with Gasteiger partial charge in [-0.1, -0.05) is 0 Å². The summed E-state index contributed by atoms with van der Waals surface area (Å²) >= 11 is 0. The van der Waals surface area contributed by atoms with Crippen molar-refractivity contribution in [2.45, 2.75) is 71.4 Å². The van der Waals surface area contributed by atoms with E-state index in [0.29, 0.717) is 10.9 Å². The lowest BCUT2D eigenvalue weighted by Crippen LogP contribution is -2.47. The maximum Gasteiger partial charge on any atom is 0.411 e. The predicted molar refractivity (Wildman–Crippen MR) is 126 cm³/mol. The fraction of sp³-hybridized carbons (Fsp3) is 0.522. The van der Waals surface area contributed by atoms with Crippen molar-refractivity contribution in [3.8, 4) is 0 Å². The minimum Gasteiger partial charge on any atom is -0.464 e. The Morgan fingerprint density at radius 3 is 2.19 bits per heavy atom. The first-order valence-electron chi connectivity index (χ1n) is 11.2. The zero-order chi connectivity index (χ0) is 26.9. The van der Waals surface area contributed by atoms with E-state index >= 15 is 0 Å². The van der Waals surface area contributed by atoms with E-state index in [1.54, 1.807) is 20.8 Å². The molecule has 0 unspecified atom stereocenters. The third-order valence-electron chi connectivity index (χ3n) is 5.39. The number of esters is 3. The molecule has 3 rings (SSSR count). The number of carbonyl (C=O) groups excluding carboxylic acids is 4. The average Bonchev–Trinajstić information content (AvgIpc) is 3.24. The van der Waals surface area contributed by atoms with Gasteiger partial charge in [0, 0.05) is 37.9 Å². The number of aromatic nitrogens is 2. The molecule has 13 heteroatoms. The number of nitrogen functional groups attached to an aromatic ring is 1. The van der Waals surface area contributed by atoms with Crippen LogP contribution in [0.4, 0.5) is 10.6 Å². The van der Waals surface area contributed by atoms with Crippen LogP contribution >= 0.6 is 0 Å². The van der Waals surface area contributed by atoms with Crippen LogP contribution in [0.25, 0.3) is 10.9 Å². The van der Waals surface area contributed by atoms with E-state index < -0.39 is 59.5 Å². The van der Waals surface area contributed by atoms with Crippen LogP contribution in [-0.2, 0) is 33.3 Å². The Bertz CT molecular complexity index is 1240. The highest BCUT2D eigenvalue weighted by Crippen LogP contribution is 2.43. The normalized spacial score (nSPS) is 21.8. The van der Waals surface area contributed by atoms with Gasteiger partial charge in [-0.2, -0.15) is 0 Å². The van der Waals surface area contributed by atoms with Gasteiger partial charge in [0.2, 0.25) is 0 Å². The third-order valence-corrected chi connectivity index (χ3v) is 5.39. The third kappa shape index (κ3) is 5.61. The van der Waals surface area contributed by atoms with E-state index in [0.717, 1.165) is 13.8 Å². The molecule has 1 amide bonds. The predicted octanol–water partition coefficient (Wildman–Crippen LogP) is 1.53. The molecule has 13 nitrogen and oxygen atoms in total. The van der Waals surface area contributed by atoms with Crippen molar-refractivity contribution in [1.29, 1.82) is 0 Å². The molecule has 1 aliphatic rings. The largest absolute Gasteiger partial charge is 0.464 e. The van der Waals surface area contributed by atoms with E-state index in [9.17, 15) is 24.0 Å². The molecule has 0 radical (unpaired) electrons. The second kappa shape index (κ2) is 9.91. The summed E-state index contributed by atoms with van der Waals surface area (Å²) in [5.74, 6) is -2.00. The Morgan fingerprint density at radius 1 is 1.03 bits per heavy atom. The zero-order valence-electron chi connectivity index (χ0n) is 20.9. The zero-order valence-corrected chi connectivity index (χ0v) is 20.9. The molecular formula is C23H30N4O9. The maximum atomic E-state index is 13.5. The van der Waals surface area contributed by atoms with Gasteiger partial charge in [-0.05, 0) is 26.8 Å². The van der Waals surface area contributed by atoms with Crippen LogP contribution in [0.2, 0.25) is 0 Å². The number of fused-ring (bicyclic) bond motifs is 1.